The number of methoxy groups -OCH3 is 1. The average Bonchev–Trinajstić information content (AvgIpc) is 3.02. The van der Waals surface area contributed by atoms with Gasteiger partial charge in [-0.25, -0.2) is 0 Å². The third kappa shape index (κ3) is 4.35. The van der Waals surface area contributed by atoms with E-state index in [2.05, 4.69) is 5.32 Å². The van der Waals surface area contributed by atoms with Crippen LogP contribution in [0, 0.1) is 0 Å². The van der Waals surface area contributed by atoms with Gasteiger partial charge >= 0.3 is 0 Å². The second-order valence-electron chi connectivity index (χ2n) is 8.32. The number of hydrogen-bond donors (Lipinski definition) is 1. The third-order valence-electron chi connectivity index (χ3n) is 6.27. The molecule has 1 atom stereocenters. The van der Waals surface area contributed by atoms with Crippen LogP contribution in [0.4, 0.5) is 0 Å². The van der Waals surface area contributed by atoms with Crippen LogP contribution in [0.25, 0.3) is 0 Å². The van der Waals surface area contributed by atoms with Crippen LogP contribution in [-0.2, 0) is 11.3 Å². The SMILES string of the molecule is COc1ccc(CN2C(=O)c3ccccc3[C@H]2C(=O)NC2CCCCCCC2)cc1. The molecule has 1 aliphatic heterocycles. The van der Waals surface area contributed by atoms with Crippen molar-refractivity contribution < 1.29 is 14.3 Å². The number of amides is 2. The molecule has 1 saturated carbocycles. The largest absolute Gasteiger partial charge is 0.497 e. The highest BCUT2D eigenvalue weighted by molar-refractivity contribution is 6.04. The minimum absolute atomic E-state index is 0.0626. The molecule has 1 heterocycles. The van der Waals surface area contributed by atoms with E-state index in [9.17, 15) is 9.59 Å². The zero-order valence-corrected chi connectivity index (χ0v) is 17.6. The molecule has 0 radical (unpaired) electrons. The summed E-state index contributed by atoms with van der Waals surface area (Å²) in [4.78, 5) is 28.2. The van der Waals surface area contributed by atoms with Crippen LogP contribution < -0.4 is 10.1 Å². The second kappa shape index (κ2) is 9.33. The second-order valence-corrected chi connectivity index (χ2v) is 8.32. The van der Waals surface area contributed by atoms with Gasteiger partial charge < -0.3 is 15.0 Å². The summed E-state index contributed by atoms with van der Waals surface area (Å²) in [6.07, 6.45) is 8.11. The van der Waals surface area contributed by atoms with E-state index in [-0.39, 0.29) is 17.9 Å². The summed E-state index contributed by atoms with van der Waals surface area (Å²) < 4.78 is 5.23. The van der Waals surface area contributed by atoms with Crippen LogP contribution >= 0.6 is 0 Å². The molecule has 2 aromatic carbocycles. The van der Waals surface area contributed by atoms with Crippen LogP contribution in [0.2, 0.25) is 0 Å². The predicted molar refractivity (Wildman–Crippen MR) is 116 cm³/mol. The first-order chi connectivity index (χ1) is 14.7. The number of nitrogens with zero attached hydrogens (tertiary/aromatic N) is 1. The lowest BCUT2D eigenvalue weighted by atomic mass is 9.96. The van der Waals surface area contributed by atoms with Gasteiger partial charge in [-0.3, -0.25) is 9.59 Å². The van der Waals surface area contributed by atoms with Gasteiger partial charge in [0.2, 0.25) is 5.91 Å². The van der Waals surface area contributed by atoms with E-state index < -0.39 is 6.04 Å². The van der Waals surface area contributed by atoms with E-state index in [1.54, 1.807) is 12.0 Å². The number of nitrogens with one attached hydrogen (secondary N) is 1. The highest BCUT2D eigenvalue weighted by Crippen LogP contribution is 2.35. The molecule has 0 aromatic heterocycles. The van der Waals surface area contributed by atoms with Crippen LogP contribution in [0.5, 0.6) is 5.75 Å². The smallest absolute Gasteiger partial charge is 0.255 e. The zero-order valence-electron chi connectivity index (χ0n) is 17.6. The molecule has 0 saturated heterocycles. The summed E-state index contributed by atoms with van der Waals surface area (Å²) in [5.74, 6) is 0.625. The van der Waals surface area contributed by atoms with Crippen molar-refractivity contribution in [1.29, 1.82) is 0 Å². The molecule has 1 fully saturated rings. The summed E-state index contributed by atoms with van der Waals surface area (Å²) in [5, 5.41) is 3.27. The van der Waals surface area contributed by atoms with Crippen LogP contribution in [0.1, 0.15) is 72.5 Å². The van der Waals surface area contributed by atoms with Gasteiger partial charge in [-0.1, -0.05) is 62.4 Å². The minimum atomic E-state index is -0.582. The van der Waals surface area contributed by atoms with Crippen molar-refractivity contribution >= 4 is 11.8 Å². The number of carbonyl (C=O) groups excluding carboxylic acids is 2. The van der Waals surface area contributed by atoms with Crippen LogP contribution in [0.3, 0.4) is 0 Å². The first-order valence-corrected chi connectivity index (χ1v) is 11.0. The molecule has 1 aliphatic carbocycles. The van der Waals surface area contributed by atoms with Crippen LogP contribution in [0.15, 0.2) is 48.5 Å². The highest BCUT2D eigenvalue weighted by Gasteiger charge is 2.41. The summed E-state index contributed by atoms with van der Waals surface area (Å²) in [5.41, 5.74) is 2.41. The Morgan fingerprint density at radius 3 is 2.37 bits per heavy atom. The Morgan fingerprint density at radius 1 is 1.00 bits per heavy atom. The van der Waals surface area contributed by atoms with E-state index in [4.69, 9.17) is 4.74 Å². The fourth-order valence-corrected chi connectivity index (χ4v) is 4.62. The summed E-state index contributed by atoms with van der Waals surface area (Å²) in [7, 11) is 1.63. The van der Waals surface area contributed by atoms with Gasteiger partial charge in [-0.15, -0.1) is 0 Å². The first kappa shape index (κ1) is 20.5. The topological polar surface area (TPSA) is 58.6 Å². The maximum absolute atomic E-state index is 13.4. The van der Waals surface area contributed by atoms with Crippen molar-refractivity contribution in [1.82, 2.24) is 10.2 Å². The van der Waals surface area contributed by atoms with E-state index in [0.29, 0.717) is 12.1 Å². The maximum Gasteiger partial charge on any atom is 0.255 e. The monoisotopic (exact) mass is 406 g/mol. The fourth-order valence-electron chi connectivity index (χ4n) is 4.62. The van der Waals surface area contributed by atoms with Crippen molar-refractivity contribution in [3.63, 3.8) is 0 Å². The quantitative estimate of drug-likeness (QED) is 0.788. The van der Waals surface area contributed by atoms with Crippen molar-refractivity contribution in [2.24, 2.45) is 0 Å². The summed E-state index contributed by atoms with van der Waals surface area (Å²) in [6, 6.07) is 14.8. The van der Waals surface area contributed by atoms with Crippen LogP contribution in [-0.4, -0.2) is 29.9 Å². The molecule has 5 nitrogen and oxygen atoms in total. The molecule has 2 amide bonds. The number of benzene rings is 2. The number of hydrogen-bond acceptors (Lipinski definition) is 3. The number of fused-ring (bicyclic) bond motifs is 1. The molecule has 30 heavy (non-hydrogen) atoms. The van der Waals surface area contributed by atoms with Crippen molar-refractivity contribution in [3.8, 4) is 5.75 Å². The van der Waals surface area contributed by atoms with Crippen molar-refractivity contribution in [2.45, 2.75) is 63.6 Å². The Labute approximate surface area is 178 Å². The normalized spacial score (nSPS) is 19.7. The van der Waals surface area contributed by atoms with E-state index in [1.807, 2.05) is 48.5 Å². The zero-order chi connectivity index (χ0) is 20.9. The average molecular weight is 407 g/mol. The van der Waals surface area contributed by atoms with Gasteiger partial charge in [0.15, 0.2) is 0 Å². The molecule has 2 aromatic rings. The van der Waals surface area contributed by atoms with Gasteiger partial charge in [0, 0.05) is 18.2 Å². The van der Waals surface area contributed by atoms with Crippen molar-refractivity contribution in [3.05, 3.63) is 65.2 Å². The fraction of sp³-hybridized carbons (Fsp3) is 0.440. The molecule has 0 unspecified atom stereocenters. The Balaban J connectivity index is 1.56. The predicted octanol–water partition coefficient (Wildman–Crippen LogP) is 4.62. The summed E-state index contributed by atoms with van der Waals surface area (Å²) in [6.45, 7) is 0.389. The molecular weight excluding hydrogens is 376 g/mol. The Bertz CT molecular complexity index is 886. The molecular formula is C25H30N2O3. The number of ether oxygens (including phenoxy) is 1. The molecule has 1 N–H and O–H groups in total. The Morgan fingerprint density at radius 2 is 1.67 bits per heavy atom. The molecule has 2 aliphatic rings. The lowest BCUT2D eigenvalue weighted by molar-refractivity contribution is -0.126. The molecule has 0 spiro atoms. The first-order valence-electron chi connectivity index (χ1n) is 11.0. The van der Waals surface area contributed by atoms with E-state index >= 15 is 0 Å². The maximum atomic E-state index is 13.4. The third-order valence-corrected chi connectivity index (χ3v) is 6.27. The summed E-state index contributed by atoms with van der Waals surface area (Å²) >= 11 is 0. The van der Waals surface area contributed by atoms with Gasteiger partial charge in [0.25, 0.3) is 5.91 Å². The van der Waals surface area contributed by atoms with E-state index in [1.165, 1.54) is 19.3 Å². The molecule has 4 rings (SSSR count). The Hall–Kier alpha value is -2.82. The standard InChI is InChI=1S/C25H30N2O3/c1-30-20-15-13-18(14-16-20)17-27-23(21-11-7-8-12-22(21)25(27)29)24(28)26-19-9-5-3-2-4-6-10-19/h7-8,11-16,19,23H,2-6,9-10,17H2,1H3,(H,26,28)/t23-/m0/s1. The Kier molecular flexibility index (Phi) is 6.36. The van der Waals surface area contributed by atoms with Gasteiger partial charge in [0.1, 0.15) is 11.8 Å². The molecule has 158 valence electrons. The van der Waals surface area contributed by atoms with Gasteiger partial charge in [-0.05, 0) is 42.2 Å². The highest BCUT2D eigenvalue weighted by atomic mass is 16.5. The molecule has 5 heteroatoms. The van der Waals surface area contributed by atoms with Gasteiger partial charge in [-0.2, -0.15) is 0 Å². The lowest BCUT2D eigenvalue weighted by Gasteiger charge is -2.28. The number of rotatable bonds is 5. The number of carbonyl (C=O) groups is 2. The molecule has 0 bridgehead atoms. The lowest BCUT2D eigenvalue weighted by Crippen LogP contribution is -2.43. The van der Waals surface area contributed by atoms with Crippen molar-refractivity contribution in [2.75, 3.05) is 7.11 Å². The minimum Gasteiger partial charge on any atom is -0.497 e. The van der Waals surface area contributed by atoms with Gasteiger partial charge in [0.05, 0.1) is 7.11 Å². The van der Waals surface area contributed by atoms with E-state index in [0.717, 1.165) is 42.6 Å².